The highest BCUT2D eigenvalue weighted by Gasteiger charge is 2.30. The molecule has 27 heavy (non-hydrogen) atoms. The quantitative estimate of drug-likeness (QED) is 0.562. The molecule has 9 nitrogen and oxygen atoms in total. The smallest absolute Gasteiger partial charge is 0.341 e. The second-order valence-corrected chi connectivity index (χ2v) is 5.91. The molecule has 9 heteroatoms. The van der Waals surface area contributed by atoms with Gasteiger partial charge in [-0.05, 0) is 25.0 Å². The first-order valence-corrected chi connectivity index (χ1v) is 8.23. The minimum absolute atomic E-state index is 0.00536. The molecule has 1 aromatic heterocycles. The van der Waals surface area contributed by atoms with Crippen molar-refractivity contribution in [3.63, 3.8) is 0 Å². The van der Waals surface area contributed by atoms with Crippen LogP contribution in [0.2, 0.25) is 0 Å². The molecule has 0 unspecified atom stereocenters. The SMILES string of the molecule is COC(=O)c1cccc(Nc2cc(NC(=O)C3CC3)nnc2C=O)c1OC. The van der Waals surface area contributed by atoms with Crippen LogP contribution in [-0.2, 0) is 9.53 Å². The summed E-state index contributed by atoms with van der Waals surface area (Å²) in [5.41, 5.74) is 1.01. The topological polar surface area (TPSA) is 120 Å². The van der Waals surface area contributed by atoms with Crippen LogP contribution in [0.1, 0.15) is 33.7 Å². The van der Waals surface area contributed by atoms with Crippen molar-refractivity contribution in [3.05, 3.63) is 35.5 Å². The van der Waals surface area contributed by atoms with Crippen LogP contribution in [0.25, 0.3) is 0 Å². The van der Waals surface area contributed by atoms with E-state index < -0.39 is 5.97 Å². The summed E-state index contributed by atoms with van der Waals surface area (Å²) >= 11 is 0. The number of esters is 1. The van der Waals surface area contributed by atoms with Crippen LogP contribution in [0.15, 0.2) is 24.3 Å². The number of aromatic nitrogens is 2. The van der Waals surface area contributed by atoms with E-state index in [9.17, 15) is 14.4 Å². The molecule has 0 aliphatic heterocycles. The second-order valence-electron chi connectivity index (χ2n) is 5.91. The zero-order valence-electron chi connectivity index (χ0n) is 14.8. The molecule has 2 N–H and O–H groups in total. The first-order chi connectivity index (χ1) is 13.1. The zero-order chi connectivity index (χ0) is 19.4. The van der Waals surface area contributed by atoms with Gasteiger partial charge in [0.05, 0.1) is 25.6 Å². The summed E-state index contributed by atoms with van der Waals surface area (Å²) in [4.78, 5) is 35.1. The van der Waals surface area contributed by atoms with Crippen LogP contribution in [0.3, 0.4) is 0 Å². The molecular weight excluding hydrogens is 352 g/mol. The van der Waals surface area contributed by atoms with Crippen LogP contribution in [0.4, 0.5) is 17.2 Å². The summed E-state index contributed by atoms with van der Waals surface area (Å²) in [5.74, 6) is -0.203. The number of amides is 1. The molecule has 1 fully saturated rings. The molecule has 1 aromatic carbocycles. The monoisotopic (exact) mass is 370 g/mol. The summed E-state index contributed by atoms with van der Waals surface area (Å²) in [5, 5.41) is 13.4. The maximum atomic E-state index is 11.9. The molecule has 1 amide bonds. The number of nitrogens with zero attached hydrogens (tertiary/aromatic N) is 2. The Balaban J connectivity index is 1.93. The van der Waals surface area contributed by atoms with Crippen LogP contribution in [0, 0.1) is 5.92 Å². The van der Waals surface area contributed by atoms with E-state index in [-0.39, 0.29) is 34.6 Å². The number of para-hydroxylation sites is 1. The fourth-order valence-corrected chi connectivity index (χ4v) is 2.49. The van der Waals surface area contributed by atoms with Crippen molar-refractivity contribution < 1.29 is 23.9 Å². The number of anilines is 3. The number of nitrogens with one attached hydrogen (secondary N) is 2. The van der Waals surface area contributed by atoms with Crippen molar-refractivity contribution in [3.8, 4) is 5.75 Å². The number of carbonyl (C=O) groups is 3. The van der Waals surface area contributed by atoms with Gasteiger partial charge in [-0.25, -0.2) is 4.79 Å². The van der Waals surface area contributed by atoms with Gasteiger partial charge in [-0.15, -0.1) is 10.2 Å². The minimum atomic E-state index is -0.559. The van der Waals surface area contributed by atoms with Gasteiger partial charge in [0.1, 0.15) is 11.3 Å². The molecule has 0 saturated heterocycles. The number of hydrogen-bond acceptors (Lipinski definition) is 8. The van der Waals surface area contributed by atoms with E-state index in [1.54, 1.807) is 18.2 Å². The van der Waals surface area contributed by atoms with Crippen molar-refractivity contribution in [2.75, 3.05) is 24.9 Å². The molecule has 140 valence electrons. The summed E-state index contributed by atoms with van der Waals surface area (Å²) in [6.07, 6.45) is 2.25. The van der Waals surface area contributed by atoms with Gasteiger partial charge in [0.15, 0.2) is 17.9 Å². The first-order valence-electron chi connectivity index (χ1n) is 8.23. The van der Waals surface area contributed by atoms with Gasteiger partial charge in [-0.1, -0.05) is 6.07 Å². The summed E-state index contributed by atoms with van der Waals surface area (Å²) in [6.45, 7) is 0. The highest BCUT2D eigenvalue weighted by Crippen LogP contribution is 2.33. The van der Waals surface area contributed by atoms with E-state index in [1.807, 2.05) is 0 Å². The maximum Gasteiger partial charge on any atom is 0.341 e. The van der Waals surface area contributed by atoms with E-state index in [0.29, 0.717) is 17.7 Å². The summed E-state index contributed by atoms with van der Waals surface area (Å²) in [7, 11) is 2.69. The molecule has 1 saturated carbocycles. The Morgan fingerprint density at radius 2 is 1.96 bits per heavy atom. The van der Waals surface area contributed by atoms with Gasteiger partial charge in [0.2, 0.25) is 5.91 Å². The third kappa shape index (κ3) is 4.02. The van der Waals surface area contributed by atoms with Crippen molar-refractivity contribution in [1.82, 2.24) is 10.2 Å². The molecule has 3 rings (SSSR count). The lowest BCUT2D eigenvalue weighted by Gasteiger charge is -2.15. The number of carbonyl (C=O) groups excluding carboxylic acids is 3. The molecule has 2 aromatic rings. The van der Waals surface area contributed by atoms with Crippen molar-refractivity contribution in [2.45, 2.75) is 12.8 Å². The molecule has 0 bridgehead atoms. The molecular formula is C18H18N4O5. The van der Waals surface area contributed by atoms with E-state index in [1.165, 1.54) is 20.3 Å². The third-order valence-corrected chi connectivity index (χ3v) is 4.03. The molecule has 0 atom stereocenters. The van der Waals surface area contributed by atoms with Crippen LogP contribution >= 0.6 is 0 Å². The van der Waals surface area contributed by atoms with E-state index in [0.717, 1.165) is 12.8 Å². The van der Waals surface area contributed by atoms with E-state index >= 15 is 0 Å². The van der Waals surface area contributed by atoms with Gasteiger partial charge in [-0.3, -0.25) is 9.59 Å². The van der Waals surface area contributed by atoms with Crippen LogP contribution in [0.5, 0.6) is 5.75 Å². The number of ether oxygens (including phenoxy) is 2. The van der Waals surface area contributed by atoms with Crippen molar-refractivity contribution >= 4 is 35.4 Å². The minimum Gasteiger partial charge on any atom is -0.494 e. The predicted molar refractivity (Wildman–Crippen MR) is 96.4 cm³/mol. The molecule has 0 radical (unpaired) electrons. The van der Waals surface area contributed by atoms with Crippen molar-refractivity contribution in [1.29, 1.82) is 0 Å². The number of rotatable bonds is 7. The van der Waals surface area contributed by atoms with Crippen LogP contribution in [-0.4, -0.2) is 42.6 Å². The Morgan fingerprint density at radius 3 is 2.59 bits per heavy atom. The Labute approximate surface area is 155 Å². The lowest BCUT2D eigenvalue weighted by Crippen LogP contribution is -2.15. The van der Waals surface area contributed by atoms with Gasteiger partial charge >= 0.3 is 5.97 Å². The Bertz CT molecular complexity index is 895. The largest absolute Gasteiger partial charge is 0.494 e. The van der Waals surface area contributed by atoms with E-state index in [4.69, 9.17) is 9.47 Å². The third-order valence-electron chi connectivity index (χ3n) is 4.03. The Morgan fingerprint density at radius 1 is 1.19 bits per heavy atom. The summed E-state index contributed by atoms with van der Waals surface area (Å²) in [6, 6.07) is 6.37. The summed E-state index contributed by atoms with van der Waals surface area (Å²) < 4.78 is 10.1. The van der Waals surface area contributed by atoms with Gasteiger partial charge in [0, 0.05) is 12.0 Å². The number of hydrogen-bond donors (Lipinski definition) is 2. The molecule has 1 aliphatic rings. The highest BCUT2D eigenvalue weighted by atomic mass is 16.5. The Hall–Kier alpha value is -3.49. The van der Waals surface area contributed by atoms with E-state index in [2.05, 4.69) is 20.8 Å². The highest BCUT2D eigenvalue weighted by molar-refractivity contribution is 5.96. The molecule has 0 spiro atoms. The number of aldehydes is 1. The lowest BCUT2D eigenvalue weighted by atomic mass is 10.1. The van der Waals surface area contributed by atoms with Crippen LogP contribution < -0.4 is 15.4 Å². The number of benzene rings is 1. The van der Waals surface area contributed by atoms with Gasteiger partial charge in [-0.2, -0.15) is 0 Å². The second kappa shape index (κ2) is 7.81. The molecule has 1 aliphatic carbocycles. The predicted octanol–water partition coefficient (Wildman–Crippen LogP) is 2.18. The number of methoxy groups -OCH3 is 2. The van der Waals surface area contributed by atoms with Gasteiger partial charge in [0.25, 0.3) is 0 Å². The zero-order valence-corrected chi connectivity index (χ0v) is 14.8. The maximum absolute atomic E-state index is 11.9. The van der Waals surface area contributed by atoms with Crippen molar-refractivity contribution in [2.24, 2.45) is 5.92 Å². The fourth-order valence-electron chi connectivity index (χ4n) is 2.49. The standard InChI is InChI=1S/C18H18N4O5/c1-26-16-11(18(25)27-2)4-3-5-12(16)19-13-8-15(22-21-14(13)9-23)20-17(24)10-6-7-10/h3-5,8-10H,6-7H2,1-2H3,(H2,19,20,22,24). The Kier molecular flexibility index (Phi) is 5.30. The average Bonchev–Trinajstić information content (AvgIpc) is 3.53. The first kappa shape index (κ1) is 18.3. The molecule has 1 heterocycles. The lowest BCUT2D eigenvalue weighted by molar-refractivity contribution is -0.117. The fraction of sp³-hybridized carbons (Fsp3) is 0.278. The normalized spacial score (nSPS) is 12.8. The van der Waals surface area contributed by atoms with Gasteiger partial charge < -0.3 is 20.1 Å². The average molecular weight is 370 g/mol.